The Morgan fingerprint density at radius 1 is 1.36 bits per heavy atom. The van der Waals surface area contributed by atoms with E-state index in [1.165, 1.54) is 6.42 Å². The molecule has 0 amide bonds. The Kier molecular flexibility index (Phi) is 2.39. The molecule has 82 valence electrons. The molecule has 2 nitrogen and oxygen atoms in total. The number of hydrogen-bond acceptors (Lipinski definition) is 2. The normalized spacial score (nSPS) is 40.5. The summed E-state index contributed by atoms with van der Waals surface area (Å²) in [5, 5.41) is 10.5. The van der Waals surface area contributed by atoms with E-state index in [4.69, 9.17) is 5.73 Å². The first kappa shape index (κ1) is 10.4. The second-order valence-electron chi connectivity index (χ2n) is 5.78. The van der Waals surface area contributed by atoms with E-state index in [1.807, 2.05) is 0 Å². The maximum absolute atomic E-state index is 10.5. The molecule has 0 aromatic heterocycles. The maximum Gasteiger partial charge on any atom is 0.0721 e. The van der Waals surface area contributed by atoms with Gasteiger partial charge >= 0.3 is 0 Å². The summed E-state index contributed by atoms with van der Waals surface area (Å²) < 4.78 is 0. The van der Waals surface area contributed by atoms with Gasteiger partial charge < -0.3 is 10.8 Å². The molecule has 2 aliphatic carbocycles. The van der Waals surface area contributed by atoms with Crippen LogP contribution in [0.2, 0.25) is 0 Å². The zero-order valence-corrected chi connectivity index (χ0v) is 9.42. The van der Waals surface area contributed by atoms with E-state index in [-0.39, 0.29) is 5.41 Å². The van der Waals surface area contributed by atoms with Gasteiger partial charge in [-0.2, -0.15) is 0 Å². The molecular weight excluding hydrogens is 174 g/mol. The highest BCUT2D eigenvalue weighted by atomic mass is 16.3. The summed E-state index contributed by atoms with van der Waals surface area (Å²) in [5.74, 6) is 1.44. The van der Waals surface area contributed by atoms with Crippen LogP contribution in [-0.4, -0.2) is 17.3 Å². The van der Waals surface area contributed by atoms with E-state index in [0.717, 1.165) is 31.6 Å². The fourth-order valence-corrected chi connectivity index (χ4v) is 3.18. The Hall–Kier alpha value is -0.0800. The van der Waals surface area contributed by atoms with Crippen LogP contribution in [0.1, 0.15) is 46.0 Å². The first-order valence-electron chi connectivity index (χ1n) is 5.95. The van der Waals surface area contributed by atoms with Gasteiger partial charge in [0, 0.05) is 12.0 Å². The number of rotatable bonds is 3. The fraction of sp³-hybridized carbons (Fsp3) is 1.00. The predicted molar refractivity (Wildman–Crippen MR) is 57.9 cm³/mol. The van der Waals surface area contributed by atoms with Crippen LogP contribution in [0, 0.1) is 17.3 Å². The van der Waals surface area contributed by atoms with Gasteiger partial charge in [-0.1, -0.05) is 20.3 Å². The molecule has 0 radical (unpaired) electrons. The lowest BCUT2D eigenvalue weighted by molar-refractivity contribution is -0.200. The third kappa shape index (κ3) is 1.24. The van der Waals surface area contributed by atoms with Gasteiger partial charge in [0.05, 0.1) is 5.60 Å². The minimum Gasteiger partial charge on any atom is -0.389 e. The van der Waals surface area contributed by atoms with Crippen molar-refractivity contribution in [3.05, 3.63) is 0 Å². The summed E-state index contributed by atoms with van der Waals surface area (Å²) in [6.45, 7) is 5.18. The van der Waals surface area contributed by atoms with Crippen LogP contribution in [0.25, 0.3) is 0 Å². The lowest BCUT2D eigenvalue weighted by atomic mass is 9.48. The molecule has 14 heavy (non-hydrogen) atoms. The van der Waals surface area contributed by atoms with Crippen LogP contribution in [0.4, 0.5) is 0 Å². The highest BCUT2D eigenvalue weighted by Gasteiger charge is 2.59. The van der Waals surface area contributed by atoms with Gasteiger partial charge in [0.1, 0.15) is 0 Å². The Labute approximate surface area is 86.9 Å². The topological polar surface area (TPSA) is 46.2 Å². The SMILES string of the molecule is CC(C)C1CC(O)(C2(CN)CCC2)C1. The molecular formula is C12H23NO. The largest absolute Gasteiger partial charge is 0.389 e. The number of nitrogens with two attached hydrogens (primary N) is 1. The molecule has 0 unspecified atom stereocenters. The molecule has 2 fully saturated rings. The Bertz CT molecular complexity index is 209. The smallest absolute Gasteiger partial charge is 0.0721 e. The van der Waals surface area contributed by atoms with Crippen LogP contribution >= 0.6 is 0 Å². The van der Waals surface area contributed by atoms with Crippen molar-refractivity contribution in [1.82, 2.24) is 0 Å². The van der Waals surface area contributed by atoms with Gasteiger partial charge in [-0.05, 0) is 37.5 Å². The van der Waals surface area contributed by atoms with Crippen molar-refractivity contribution in [3.8, 4) is 0 Å². The Morgan fingerprint density at radius 3 is 2.21 bits per heavy atom. The summed E-state index contributed by atoms with van der Waals surface area (Å²) in [4.78, 5) is 0. The molecule has 2 heteroatoms. The average molecular weight is 197 g/mol. The minimum atomic E-state index is -0.408. The molecule has 0 saturated heterocycles. The van der Waals surface area contributed by atoms with Gasteiger partial charge in [-0.3, -0.25) is 0 Å². The quantitative estimate of drug-likeness (QED) is 0.726. The Balaban J connectivity index is 1.99. The summed E-state index contributed by atoms with van der Waals surface area (Å²) >= 11 is 0. The van der Waals surface area contributed by atoms with Crippen molar-refractivity contribution < 1.29 is 5.11 Å². The zero-order chi connectivity index (χ0) is 10.4. The zero-order valence-electron chi connectivity index (χ0n) is 9.42. The Morgan fingerprint density at radius 2 is 1.93 bits per heavy atom. The monoisotopic (exact) mass is 197 g/mol. The molecule has 0 spiro atoms. The standard InChI is InChI=1S/C12H23NO/c1-9(2)10-6-12(14,7-10)11(8-13)4-3-5-11/h9-10,14H,3-8,13H2,1-2H3. The lowest BCUT2D eigenvalue weighted by Crippen LogP contribution is -2.63. The average Bonchev–Trinajstić information content (AvgIpc) is 1.98. The molecule has 2 aliphatic rings. The van der Waals surface area contributed by atoms with Crippen LogP contribution in [0.15, 0.2) is 0 Å². The molecule has 2 saturated carbocycles. The third-order valence-corrected chi connectivity index (χ3v) is 4.83. The number of hydrogen-bond donors (Lipinski definition) is 2. The van der Waals surface area contributed by atoms with Gasteiger partial charge in [0.15, 0.2) is 0 Å². The lowest BCUT2D eigenvalue weighted by Gasteiger charge is -2.60. The molecule has 0 aromatic carbocycles. The van der Waals surface area contributed by atoms with E-state index in [2.05, 4.69) is 13.8 Å². The minimum absolute atomic E-state index is 0.0956. The van der Waals surface area contributed by atoms with Gasteiger partial charge in [-0.25, -0.2) is 0 Å². The van der Waals surface area contributed by atoms with Crippen molar-refractivity contribution in [1.29, 1.82) is 0 Å². The summed E-state index contributed by atoms with van der Waals surface area (Å²) in [6.07, 6.45) is 5.52. The van der Waals surface area contributed by atoms with Crippen molar-refractivity contribution in [2.24, 2.45) is 23.0 Å². The molecule has 0 heterocycles. The summed E-state index contributed by atoms with van der Waals surface area (Å²) in [5.41, 5.74) is 5.51. The van der Waals surface area contributed by atoms with Crippen LogP contribution in [0.3, 0.4) is 0 Å². The highest BCUT2D eigenvalue weighted by molar-refractivity contribution is 5.11. The first-order valence-corrected chi connectivity index (χ1v) is 5.95. The van der Waals surface area contributed by atoms with Crippen LogP contribution in [0.5, 0.6) is 0 Å². The van der Waals surface area contributed by atoms with E-state index < -0.39 is 5.60 Å². The summed E-state index contributed by atoms with van der Waals surface area (Å²) in [6, 6.07) is 0. The second-order valence-corrected chi connectivity index (χ2v) is 5.78. The molecule has 2 rings (SSSR count). The van der Waals surface area contributed by atoms with E-state index in [1.54, 1.807) is 0 Å². The highest BCUT2D eigenvalue weighted by Crippen LogP contribution is 2.59. The first-order chi connectivity index (χ1) is 6.53. The predicted octanol–water partition coefficient (Wildman–Crippen LogP) is 1.91. The number of aliphatic hydroxyl groups is 1. The van der Waals surface area contributed by atoms with Crippen LogP contribution in [-0.2, 0) is 0 Å². The molecule has 0 aliphatic heterocycles. The van der Waals surface area contributed by atoms with E-state index in [9.17, 15) is 5.11 Å². The van der Waals surface area contributed by atoms with Gasteiger partial charge in [0.2, 0.25) is 0 Å². The maximum atomic E-state index is 10.5. The molecule has 0 bridgehead atoms. The van der Waals surface area contributed by atoms with Crippen molar-refractivity contribution in [2.75, 3.05) is 6.54 Å². The molecule has 0 atom stereocenters. The van der Waals surface area contributed by atoms with Gasteiger partial charge in [0.25, 0.3) is 0 Å². The second kappa shape index (κ2) is 3.21. The molecule has 3 N–H and O–H groups in total. The summed E-state index contributed by atoms with van der Waals surface area (Å²) in [7, 11) is 0. The van der Waals surface area contributed by atoms with Crippen molar-refractivity contribution in [3.63, 3.8) is 0 Å². The fourth-order valence-electron chi connectivity index (χ4n) is 3.18. The van der Waals surface area contributed by atoms with Gasteiger partial charge in [-0.15, -0.1) is 0 Å². The van der Waals surface area contributed by atoms with Crippen molar-refractivity contribution in [2.45, 2.75) is 51.6 Å². The van der Waals surface area contributed by atoms with Crippen molar-refractivity contribution >= 4 is 0 Å². The third-order valence-electron chi connectivity index (χ3n) is 4.83. The molecule has 0 aromatic rings. The van der Waals surface area contributed by atoms with Crippen LogP contribution < -0.4 is 5.73 Å². The van der Waals surface area contributed by atoms with E-state index >= 15 is 0 Å². The van der Waals surface area contributed by atoms with E-state index in [0.29, 0.717) is 12.5 Å².